The highest BCUT2D eigenvalue weighted by atomic mass is 35.5. The fraction of sp³-hybridized carbons (Fsp3) is 0.481. The van der Waals surface area contributed by atoms with E-state index < -0.39 is 22.9 Å². The number of aromatic hydroxyl groups is 1. The van der Waals surface area contributed by atoms with Crippen LogP contribution in [0.25, 0.3) is 0 Å². The molecule has 2 aromatic heterocycles. The van der Waals surface area contributed by atoms with Gasteiger partial charge in [0.1, 0.15) is 5.82 Å². The van der Waals surface area contributed by atoms with E-state index in [0.717, 1.165) is 38.8 Å². The predicted molar refractivity (Wildman–Crippen MR) is 154 cm³/mol. The van der Waals surface area contributed by atoms with Crippen molar-refractivity contribution in [3.63, 3.8) is 0 Å². The van der Waals surface area contributed by atoms with Crippen LogP contribution in [0.5, 0.6) is 5.88 Å². The molecule has 14 heteroatoms. The molecule has 2 fully saturated rings. The number of aryl methyl sites for hydroxylation is 1. The molecule has 0 unspecified atom stereocenters. The number of carbonyl (C=O) groups is 1. The van der Waals surface area contributed by atoms with Gasteiger partial charge in [-0.15, -0.1) is 10.2 Å². The molecule has 5 heterocycles. The van der Waals surface area contributed by atoms with Crippen LogP contribution < -0.4 is 21.5 Å². The van der Waals surface area contributed by atoms with Crippen LogP contribution in [-0.2, 0) is 17.7 Å². The van der Waals surface area contributed by atoms with Crippen molar-refractivity contribution < 1.29 is 14.6 Å². The second-order valence-electron chi connectivity index (χ2n) is 10.8. The Kier molecular flexibility index (Phi) is 7.62. The predicted octanol–water partition coefficient (Wildman–Crippen LogP) is 2.86. The lowest BCUT2D eigenvalue weighted by molar-refractivity contribution is 0.0973. The fourth-order valence-electron chi connectivity index (χ4n) is 5.83. The molecule has 1 amide bonds. The number of rotatable bonds is 5. The van der Waals surface area contributed by atoms with Gasteiger partial charge in [0.15, 0.2) is 11.4 Å². The number of halogens is 1. The summed E-state index contributed by atoms with van der Waals surface area (Å²) in [6, 6.07) is 5.13. The molecule has 0 aliphatic carbocycles. The van der Waals surface area contributed by atoms with E-state index >= 15 is 0 Å². The number of aromatic nitrogens is 5. The highest BCUT2D eigenvalue weighted by Crippen LogP contribution is 2.42. The smallest absolute Gasteiger partial charge is 0.270 e. The van der Waals surface area contributed by atoms with Crippen LogP contribution in [0.4, 0.5) is 11.5 Å². The van der Waals surface area contributed by atoms with Gasteiger partial charge in [0.2, 0.25) is 11.0 Å². The molecular weight excluding hydrogens is 568 g/mol. The van der Waals surface area contributed by atoms with Crippen molar-refractivity contribution in [2.24, 2.45) is 11.1 Å². The molecule has 41 heavy (non-hydrogen) atoms. The third-order valence-electron chi connectivity index (χ3n) is 8.36. The standard InChI is InChI=1S/C27H31ClN8O4S/c1-15-22(29)27(14-40-15)8-11-35(12-9-27)19-13-30-26(34-33-19)41-17-6-4-5-16(21(17)28)31-23(37)20-24(38)32-18-7-2-3-10-36(18)25(20)39/h4-6,13,15,22,38H,2-3,7-12,14,29H2,1H3,(H,31,37)/t15-,22+/m0/s1. The third kappa shape index (κ3) is 5.27. The zero-order valence-corrected chi connectivity index (χ0v) is 24.1. The Morgan fingerprint density at radius 1 is 1.24 bits per heavy atom. The molecule has 0 bridgehead atoms. The van der Waals surface area contributed by atoms with E-state index in [0.29, 0.717) is 41.3 Å². The molecule has 1 aromatic carbocycles. The number of nitrogens with two attached hydrogens (primary N) is 1. The summed E-state index contributed by atoms with van der Waals surface area (Å²) in [5.74, 6) is -0.186. The lowest BCUT2D eigenvalue weighted by atomic mass is 9.73. The van der Waals surface area contributed by atoms with Gasteiger partial charge in [0.05, 0.1) is 29.6 Å². The number of ether oxygens (including phenoxy) is 1. The Hall–Kier alpha value is -3.26. The number of anilines is 2. The summed E-state index contributed by atoms with van der Waals surface area (Å²) < 4.78 is 7.26. The van der Waals surface area contributed by atoms with Crippen molar-refractivity contribution >= 4 is 40.8 Å². The van der Waals surface area contributed by atoms with Gasteiger partial charge in [-0.25, -0.2) is 4.98 Å². The van der Waals surface area contributed by atoms with Gasteiger partial charge in [0, 0.05) is 42.4 Å². The minimum atomic E-state index is -0.782. The molecule has 3 aliphatic rings. The van der Waals surface area contributed by atoms with E-state index in [4.69, 9.17) is 22.1 Å². The van der Waals surface area contributed by atoms with E-state index in [1.54, 1.807) is 24.4 Å². The summed E-state index contributed by atoms with van der Waals surface area (Å²) in [4.78, 5) is 37.3. The number of piperidine rings is 1. The molecule has 12 nitrogen and oxygen atoms in total. The molecule has 216 valence electrons. The number of fused-ring (bicyclic) bond motifs is 1. The number of nitrogens with one attached hydrogen (secondary N) is 1. The Labute approximate surface area is 245 Å². The number of nitrogens with zero attached hydrogens (tertiary/aromatic N) is 6. The largest absolute Gasteiger partial charge is 0.493 e. The molecule has 0 saturated carbocycles. The number of carbonyl (C=O) groups excluding carboxylic acids is 1. The van der Waals surface area contributed by atoms with E-state index in [1.807, 2.05) is 6.92 Å². The summed E-state index contributed by atoms with van der Waals surface area (Å²) in [5, 5.41) is 22.3. The van der Waals surface area contributed by atoms with Crippen molar-refractivity contribution in [2.75, 3.05) is 29.9 Å². The second-order valence-corrected chi connectivity index (χ2v) is 12.2. The average Bonchev–Trinajstić information content (AvgIpc) is 3.24. The number of hydrogen-bond donors (Lipinski definition) is 3. The van der Waals surface area contributed by atoms with E-state index in [1.165, 1.54) is 16.3 Å². The van der Waals surface area contributed by atoms with Crippen LogP contribution in [-0.4, -0.2) is 67.6 Å². The first-order chi connectivity index (χ1) is 19.8. The van der Waals surface area contributed by atoms with Crippen LogP contribution >= 0.6 is 23.4 Å². The maximum absolute atomic E-state index is 13.0. The normalized spacial score (nSPS) is 21.6. The van der Waals surface area contributed by atoms with Gasteiger partial charge in [-0.3, -0.25) is 14.2 Å². The summed E-state index contributed by atoms with van der Waals surface area (Å²) in [7, 11) is 0. The molecule has 0 radical (unpaired) electrons. The van der Waals surface area contributed by atoms with E-state index in [-0.39, 0.29) is 28.3 Å². The summed E-state index contributed by atoms with van der Waals surface area (Å²) in [6.07, 6.45) is 5.89. The first-order valence-corrected chi connectivity index (χ1v) is 14.9. The number of amides is 1. The Bertz CT molecular complexity index is 1530. The van der Waals surface area contributed by atoms with Crippen LogP contribution in [0.1, 0.15) is 48.8 Å². The second kappa shape index (κ2) is 11.2. The lowest BCUT2D eigenvalue weighted by Gasteiger charge is -2.41. The minimum Gasteiger partial charge on any atom is -0.493 e. The SMILES string of the molecule is C[C@@H]1OCC2(CCN(c3cnc(Sc4cccc(NC(=O)c5c(O)nc6n(c5=O)CCCC6)c4Cl)nn3)CC2)[C@@H]1N. The molecule has 2 atom stereocenters. The molecular formula is C27H31ClN8O4S. The van der Waals surface area contributed by atoms with Crippen LogP contribution in [0, 0.1) is 5.41 Å². The Balaban J connectivity index is 1.13. The van der Waals surface area contributed by atoms with Gasteiger partial charge in [0.25, 0.3) is 11.5 Å². The summed E-state index contributed by atoms with van der Waals surface area (Å²) in [5.41, 5.74) is 5.76. The Morgan fingerprint density at radius 3 is 2.76 bits per heavy atom. The number of hydrogen-bond acceptors (Lipinski definition) is 11. The van der Waals surface area contributed by atoms with Crippen molar-refractivity contribution in [3.05, 3.63) is 51.2 Å². The van der Waals surface area contributed by atoms with Gasteiger partial charge >= 0.3 is 0 Å². The van der Waals surface area contributed by atoms with Gasteiger partial charge in [-0.1, -0.05) is 17.7 Å². The molecule has 3 aromatic rings. The Morgan fingerprint density at radius 2 is 2.05 bits per heavy atom. The molecule has 2 saturated heterocycles. The zero-order valence-electron chi connectivity index (χ0n) is 22.5. The van der Waals surface area contributed by atoms with Crippen molar-refractivity contribution in [2.45, 2.75) is 67.8 Å². The van der Waals surface area contributed by atoms with Crippen LogP contribution in [0.2, 0.25) is 5.02 Å². The maximum atomic E-state index is 13.0. The first kappa shape index (κ1) is 27.9. The van der Waals surface area contributed by atoms with Crippen molar-refractivity contribution in [3.8, 4) is 5.88 Å². The van der Waals surface area contributed by atoms with Crippen molar-refractivity contribution in [1.29, 1.82) is 0 Å². The molecule has 3 aliphatic heterocycles. The van der Waals surface area contributed by atoms with E-state index in [2.05, 4.69) is 30.4 Å². The lowest BCUT2D eigenvalue weighted by Crippen LogP contribution is -2.50. The fourth-order valence-corrected chi connectivity index (χ4v) is 6.85. The average molecular weight is 599 g/mol. The van der Waals surface area contributed by atoms with Crippen LogP contribution in [0.15, 0.2) is 39.2 Å². The highest BCUT2D eigenvalue weighted by molar-refractivity contribution is 7.99. The minimum absolute atomic E-state index is 0.0208. The molecule has 1 spiro atoms. The van der Waals surface area contributed by atoms with Gasteiger partial charge < -0.3 is 25.8 Å². The topological polar surface area (TPSA) is 161 Å². The monoisotopic (exact) mass is 598 g/mol. The van der Waals surface area contributed by atoms with Crippen LogP contribution in [0.3, 0.4) is 0 Å². The zero-order chi connectivity index (χ0) is 28.7. The van der Waals surface area contributed by atoms with Gasteiger partial charge in [-0.05, 0) is 56.5 Å². The number of benzene rings is 1. The molecule has 6 rings (SSSR count). The first-order valence-electron chi connectivity index (χ1n) is 13.7. The summed E-state index contributed by atoms with van der Waals surface area (Å²) >= 11 is 7.82. The maximum Gasteiger partial charge on any atom is 0.270 e. The third-order valence-corrected chi connectivity index (χ3v) is 9.81. The van der Waals surface area contributed by atoms with Gasteiger partial charge in [-0.2, -0.15) is 4.98 Å². The van der Waals surface area contributed by atoms with E-state index in [9.17, 15) is 14.7 Å². The molecule has 4 N–H and O–H groups in total. The summed E-state index contributed by atoms with van der Waals surface area (Å²) in [6.45, 7) is 4.80. The highest BCUT2D eigenvalue weighted by Gasteiger charge is 2.47. The quantitative estimate of drug-likeness (QED) is 0.396. The van der Waals surface area contributed by atoms with Crippen molar-refractivity contribution in [1.82, 2.24) is 24.7 Å².